The van der Waals surface area contributed by atoms with Crippen LogP contribution in [0.2, 0.25) is 5.02 Å². The molecule has 9 nitrogen and oxygen atoms in total. The molecule has 0 spiro atoms. The van der Waals surface area contributed by atoms with Crippen LogP contribution in [0.25, 0.3) is 0 Å². The molecular weight excluding hydrogens is 523 g/mol. The first kappa shape index (κ1) is 24.7. The lowest BCUT2D eigenvalue weighted by Crippen LogP contribution is -2.58. The molecule has 198 valence electrons. The number of hydrogen-bond acceptors (Lipinski definition) is 6. The molecule has 13 heteroatoms. The maximum absolute atomic E-state index is 15.4. The smallest absolute Gasteiger partial charge is 0.263 e. The molecule has 1 saturated carbocycles. The molecular formula is C25H23ClF3N7O2. The summed E-state index contributed by atoms with van der Waals surface area (Å²) in [6.07, 6.45) is 1.68. The fraction of sp³-hybridized carbons (Fsp3) is 0.400. The summed E-state index contributed by atoms with van der Waals surface area (Å²) in [5.41, 5.74) is -0.748. The lowest BCUT2D eigenvalue weighted by atomic mass is 9.74. The van der Waals surface area contributed by atoms with E-state index in [0.717, 1.165) is 11.1 Å². The van der Waals surface area contributed by atoms with Gasteiger partial charge in [0.15, 0.2) is 11.6 Å². The van der Waals surface area contributed by atoms with Crippen molar-refractivity contribution < 1.29 is 22.8 Å². The number of benzene rings is 1. The minimum atomic E-state index is -1.24. The van der Waals surface area contributed by atoms with Crippen molar-refractivity contribution in [2.45, 2.75) is 31.0 Å². The zero-order chi connectivity index (χ0) is 26.9. The number of anilines is 2. The van der Waals surface area contributed by atoms with Crippen LogP contribution in [0.5, 0.6) is 0 Å². The van der Waals surface area contributed by atoms with Gasteiger partial charge in [0.1, 0.15) is 12.0 Å². The van der Waals surface area contributed by atoms with Gasteiger partial charge in [0, 0.05) is 38.4 Å². The van der Waals surface area contributed by atoms with Gasteiger partial charge >= 0.3 is 0 Å². The number of alkyl halides is 1. The Morgan fingerprint density at radius 1 is 1.26 bits per heavy atom. The quantitative estimate of drug-likeness (QED) is 0.529. The molecule has 6 rings (SSSR count). The molecule has 2 aromatic heterocycles. The van der Waals surface area contributed by atoms with Crippen LogP contribution in [0.1, 0.15) is 35.0 Å². The van der Waals surface area contributed by atoms with Gasteiger partial charge in [0.05, 0.1) is 39.9 Å². The van der Waals surface area contributed by atoms with Crippen LogP contribution in [0.3, 0.4) is 0 Å². The summed E-state index contributed by atoms with van der Waals surface area (Å²) < 4.78 is 44.6. The number of nitrogens with one attached hydrogen (secondary N) is 1. The second-order valence-electron chi connectivity index (χ2n) is 10.2. The van der Waals surface area contributed by atoms with Gasteiger partial charge in [-0.25, -0.2) is 23.1 Å². The molecule has 0 radical (unpaired) electrons. The van der Waals surface area contributed by atoms with Crippen LogP contribution in [-0.4, -0.2) is 68.3 Å². The number of amides is 2. The Morgan fingerprint density at radius 3 is 2.66 bits per heavy atom. The van der Waals surface area contributed by atoms with Crippen molar-refractivity contribution in [3.05, 3.63) is 64.1 Å². The Kier molecular flexibility index (Phi) is 5.64. The second-order valence-corrected chi connectivity index (χ2v) is 10.6. The van der Waals surface area contributed by atoms with Crippen molar-refractivity contribution in [2.24, 2.45) is 13.0 Å². The van der Waals surface area contributed by atoms with Gasteiger partial charge in [-0.3, -0.25) is 19.2 Å². The molecule has 2 aliphatic heterocycles. The molecule has 38 heavy (non-hydrogen) atoms. The van der Waals surface area contributed by atoms with E-state index in [0.29, 0.717) is 13.1 Å². The number of aryl methyl sites for hydroxylation is 1. The van der Waals surface area contributed by atoms with E-state index in [4.69, 9.17) is 11.6 Å². The Bertz CT molecular complexity index is 1480. The van der Waals surface area contributed by atoms with Gasteiger partial charge in [-0.1, -0.05) is 23.7 Å². The van der Waals surface area contributed by atoms with Crippen molar-refractivity contribution in [1.29, 1.82) is 0 Å². The molecule has 4 heterocycles. The highest BCUT2D eigenvalue weighted by Crippen LogP contribution is 2.42. The van der Waals surface area contributed by atoms with Crippen LogP contribution in [0.15, 0.2) is 30.6 Å². The monoisotopic (exact) mass is 545 g/mol. The number of carbonyl (C=O) groups excluding carboxylic acids is 2. The molecule has 1 N–H and O–H groups in total. The first-order chi connectivity index (χ1) is 18.1. The number of nitrogens with zero attached hydrogens (tertiary/aromatic N) is 6. The summed E-state index contributed by atoms with van der Waals surface area (Å²) in [6, 6.07) is 4.39. The van der Waals surface area contributed by atoms with Gasteiger partial charge in [0.2, 0.25) is 11.9 Å². The van der Waals surface area contributed by atoms with E-state index in [1.165, 1.54) is 24.0 Å². The highest BCUT2D eigenvalue weighted by atomic mass is 35.5. The SMILES string of the molecule is Cn1cc(F)c(N2CC(C)(c3cccc(Cl)c3F)c3nc(NC4CN(C(=O)[C@@H]5C[C@@H]5F)C4)ncc3C2=O)n1. The number of rotatable bonds is 5. The molecule has 3 aliphatic rings. The molecule has 2 amide bonds. The lowest BCUT2D eigenvalue weighted by Gasteiger charge is -2.41. The van der Waals surface area contributed by atoms with Crippen LogP contribution in [0, 0.1) is 17.6 Å². The van der Waals surface area contributed by atoms with E-state index in [9.17, 15) is 18.4 Å². The summed E-state index contributed by atoms with van der Waals surface area (Å²) in [4.78, 5) is 37.3. The third-order valence-corrected chi connectivity index (χ3v) is 7.68. The average Bonchev–Trinajstić information content (AvgIpc) is 3.50. The Hall–Kier alpha value is -3.67. The fourth-order valence-corrected chi connectivity index (χ4v) is 5.34. The van der Waals surface area contributed by atoms with Gasteiger partial charge in [-0.15, -0.1) is 0 Å². The minimum absolute atomic E-state index is 0.0712. The van der Waals surface area contributed by atoms with Crippen LogP contribution in [0.4, 0.5) is 24.9 Å². The van der Waals surface area contributed by atoms with Crippen LogP contribution in [-0.2, 0) is 17.3 Å². The molecule has 1 aromatic carbocycles. The first-order valence-electron chi connectivity index (χ1n) is 12.1. The topological polar surface area (TPSA) is 96.3 Å². The first-order valence-corrected chi connectivity index (χ1v) is 12.5. The summed E-state index contributed by atoms with van der Waals surface area (Å²) in [7, 11) is 1.53. The molecule has 1 aliphatic carbocycles. The van der Waals surface area contributed by atoms with Crippen molar-refractivity contribution in [3.8, 4) is 0 Å². The number of hydrogen-bond donors (Lipinski definition) is 1. The summed E-state index contributed by atoms with van der Waals surface area (Å²) in [5, 5.41) is 7.13. The third-order valence-electron chi connectivity index (χ3n) is 7.39. The van der Waals surface area contributed by atoms with E-state index in [1.54, 1.807) is 24.0 Å². The van der Waals surface area contributed by atoms with Gasteiger partial charge in [0.25, 0.3) is 5.91 Å². The van der Waals surface area contributed by atoms with Crippen molar-refractivity contribution in [3.63, 3.8) is 0 Å². The Morgan fingerprint density at radius 2 is 2.00 bits per heavy atom. The maximum atomic E-state index is 15.4. The summed E-state index contributed by atoms with van der Waals surface area (Å²) >= 11 is 6.10. The Balaban J connectivity index is 1.35. The number of fused-ring (bicyclic) bond motifs is 1. The van der Waals surface area contributed by atoms with Gasteiger partial charge in [-0.2, -0.15) is 5.10 Å². The highest BCUT2D eigenvalue weighted by molar-refractivity contribution is 6.30. The van der Waals surface area contributed by atoms with E-state index >= 15 is 4.39 Å². The molecule has 0 bridgehead atoms. The Labute approximate surface area is 220 Å². The predicted octanol–water partition coefficient (Wildman–Crippen LogP) is 3.09. The van der Waals surface area contributed by atoms with Crippen molar-refractivity contribution in [1.82, 2.24) is 24.6 Å². The summed E-state index contributed by atoms with van der Waals surface area (Å²) in [5.74, 6) is -2.69. The zero-order valence-corrected chi connectivity index (χ0v) is 21.2. The van der Waals surface area contributed by atoms with Gasteiger partial charge in [-0.05, 0) is 19.4 Å². The highest BCUT2D eigenvalue weighted by Gasteiger charge is 2.49. The maximum Gasteiger partial charge on any atom is 0.263 e. The third kappa shape index (κ3) is 3.89. The van der Waals surface area contributed by atoms with Crippen molar-refractivity contribution in [2.75, 3.05) is 29.9 Å². The number of halogens is 4. The van der Waals surface area contributed by atoms with E-state index in [1.807, 2.05) is 0 Å². The van der Waals surface area contributed by atoms with Gasteiger partial charge < -0.3 is 10.2 Å². The molecule has 3 atom stereocenters. The number of aromatic nitrogens is 4. The molecule has 1 unspecified atom stereocenters. The average molecular weight is 546 g/mol. The molecule has 1 saturated heterocycles. The summed E-state index contributed by atoms with van der Waals surface area (Å²) in [6.45, 7) is 2.28. The van der Waals surface area contributed by atoms with E-state index < -0.39 is 35.0 Å². The van der Waals surface area contributed by atoms with E-state index in [2.05, 4.69) is 20.4 Å². The number of carbonyl (C=O) groups is 2. The molecule has 2 fully saturated rings. The lowest BCUT2D eigenvalue weighted by molar-refractivity contribution is -0.136. The fourth-order valence-electron chi connectivity index (χ4n) is 5.17. The normalized spacial score (nSPS) is 24.7. The minimum Gasteiger partial charge on any atom is -0.348 e. The van der Waals surface area contributed by atoms with Crippen molar-refractivity contribution >= 4 is 35.2 Å². The second kappa shape index (κ2) is 8.69. The largest absolute Gasteiger partial charge is 0.348 e. The van der Waals surface area contributed by atoms with E-state index in [-0.39, 0.29) is 58.5 Å². The van der Waals surface area contributed by atoms with Crippen LogP contribution >= 0.6 is 11.6 Å². The van der Waals surface area contributed by atoms with Crippen LogP contribution < -0.4 is 10.2 Å². The standard InChI is InChI=1S/C25H23ClF3N7O2/c1-25(15-4-3-5-16(26)19(15)29)11-36(21-18(28)10-34(2)33-21)23(38)14-7-30-24(32-20(14)25)31-12-8-35(9-12)22(37)13-6-17(13)27/h3-5,7,10,12-13,17H,6,8-9,11H2,1-2H3,(H,30,31,32)/t13-,17+,25?/m1/s1. The molecule has 3 aromatic rings. The predicted molar refractivity (Wildman–Crippen MR) is 132 cm³/mol. The number of likely N-dealkylation sites (tertiary alicyclic amines) is 1. The zero-order valence-electron chi connectivity index (χ0n) is 20.5.